The van der Waals surface area contributed by atoms with Gasteiger partial charge in [-0.05, 0) is 12.1 Å². The van der Waals surface area contributed by atoms with Crippen LogP contribution in [0.2, 0.25) is 0 Å². The monoisotopic (exact) mass is 179 g/mol. The maximum Gasteiger partial charge on any atom is 0.269 e. The summed E-state index contributed by atoms with van der Waals surface area (Å²) in [7, 11) is 0. The predicted molar refractivity (Wildman–Crippen MR) is 47.1 cm³/mol. The molecule has 0 aliphatic carbocycles. The molecule has 5 nitrogen and oxygen atoms in total. The number of aromatic nitrogens is 1. The molecule has 0 saturated carbocycles. The second-order valence-electron chi connectivity index (χ2n) is 2.45. The number of nitrogens with zero attached hydrogens (tertiary/aromatic N) is 1. The molecule has 1 heterocycles. The predicted octanol–water partition coefficient (Wildman–Crippen LogP) is 0.139. The zero-order valence-electron chi connectivity index (χ0n) is 7.07. The molecule has 1 aromatic rings. The van der Waals surface area contributed by atoms with Gasteiger partial charge in [-0.15, -0.1) is 0 Å². The second-order valence-corrected chi connectivity index (χ2v) is 2.45. The van der Waals surface area contributed by atoms with Gasteiger partial charge in [-0.3, -0.25) is 9.59 Å². The van der Waals surface area contributed by atoms with Gasteiger partial charge in [0.05, 0.1) is 5.69 Å². The van der Waals surface area contributed by atoms with E-state index in [1.165, 1.54) is 13.1 Å². The van der Waals surface area contributed by atoms with E-state index < -0.39 is 5.91 Å². The van der Waals surface area contributed by atoms with Gasteiger partial charge in [-0.1, -0.05) is 0 Å². The zero-order chi connectivity index (χ0) is 9.84. The van der Waals surface area contributed by atoms with Crippen molar-refractivity contribution in [2.75, 3.05) is 5.32 Å². The van der Waals surface area contributed by atoms with Gasteiger partial charge in [0, 0.05) is 13.1 Å². The van der Waals surface area contributed by atoms with Crippen molar-refractivity contribution in [2.24, 2.45) is 5.73 Å². The molecule has 0 aromatic carbocycles. The minimum Gasteiger partial charge on any atom is -0.364 e. The molecular weight excluding hydrogens is 170 g/mol. The molecule has 0 bridgehead atoms. The van der Waals surface area contributed by atoms with Crippen LogP contribution in [0.1, 0.15) is 17.4 Å². The molecule has 0 spiro atoms. The number of hydrogen-bond acceptors (Lipinski definition) is 3. The number of nitrogens with one attached hydrogen (secondary N) is 1. The number of rotatable bonds is 2. The first-order chi connectivity index (χ1) is 6.11. The molecule has 13 heavy (non-hydrogen) atoms. The molecule has 2 amide bonds. The SMILES string of the molecule is CC(=O)Nc1cccnc1C(N)=O. The normalized spacial score (nSPS) is 9.31. The number of pyridine rings is 1. The first-order valence-corrected chi connectivity index (χ1v) is 3.63. The third kappa shape index (κ3) is 2.26. The third-order valence-electron chi connectivity index (χ3n) is 1.35. The number of carbonyl (C=O) groups is 2. The topological polar surface area (TPSA) is 85.1 Å². The summed E-state index contributed by atoms with van der Waals surface area (Å²) in [5.74, 6) is -0.931. The lowest BCUT2D eigenvalue weighted by molar-refractivity contribution is -0.114. The number of hydrogen-bond donors (Lipinski definition) is 2. The van der Waals surface area contributed by atoms with Gasteiger partial charge in [0.2, 0.25) is 5.91 Å². The summed E-state index contributed by atoms with van der Waals surface area (Å²) < 4.78 is 0. The van der Waals surface area contributed by atoms with E-state index >= 15 is 0 Å². The van der Waals surface area contributed by atoms with E-state index in [0.717, 1.165) is 0 Å². The number of primary amides is 1. The molecule has 1 rings (SSSR count). The highest BCUT2D eigenvalue weighted by atomic mass is 16.2. The van der Waals surface area contributed by atoms with E-state index in [4.69, 9.17) is 5.73 Å². The standard InChI is InChI=1S/C8H9N3O2/c1-5(12)11-6-3-2-4-10-7(6)8(9)13/h2-4H,1H3,(H2,9,13)(H,11,12). The van der Waals surface area contributed by atoms with Gasteiger partial charge >= 0.3 is 0 Å². The first kappa shape index (κ1) is 9.18. The average Bonchev–Trinajstić information content (AvgIpc) is 2.03. The van der Waals surface area contributed by atoms with Crippen molar-refractivity contribution in [3.8, 4) is 0 Å². The summed E-state index contributed by atoms with van der Waals surface area (Å²) in [4.78, 5) is 25.3. The minimum absolute atomic E-state index is 0.0673. The molecule has 0 fully saturated rings. The van der Waals surface area contributed by atoms with Gasteiger partial charge in [0.15, 0.2) is 5.69 Å². The molecule has 5 heteroatoms. The first-order valence-electron chi connectivity index (χ1n) is 3.63. The van der Waals surface area contributed by atoms with Crippen molar-refractivity contribution in [3.05, 3.63) is 24.0 Å². The van der Waals surface area contributed by atoms with Crippen LogP contribution in [-0.2, 0) is 4.79 Å². The van der Waals surface area contributed by atoms with Crippen LogP contribution in [0.25, 0.3) is 0 Å². The summed E-state index contributed by atoms with van der Waals surface area (Å²) in [5, 5.41) is 2.45. The molecule has 1 aromatic heterocycles. The molecular formula is C8H9N3O2. The highest BCUT2D eigenvalue weighted by molar-refractivity contribution is 6.00. The minimum atomic E-state index is -0.663. The Labute approximate surface area is 75.0 Å². The average molecular weight is 179 g/mol. The number of amides is 2. The summed E-state index contributed by atoms with van der Waals surface area (Å²) in [6.07, 6.45) is 1.44. The quantitative estimate of drug-likeness (QED) is 0.677. The number of carbonyl (C=O) groups excluding carboxylic acids is 2. The third-order valence-corrected chi connectivity index (χ3v) is 1.35. The zero-order valence-corrected chi connectivity index (χ0v) is 7.07. The van der Waals surface area contributed by atoms with E-state index in [-0.39, 0.29) is 11.6 Å². The smallest absolute Gasteiger partial charge is 0.269 e. The lowest BCUT2D eigenvalue weighted by Gasteiger charge is -2.04. The Morgan fingerprint density at radius 2 is 2.23 bits per heavy atom. The summed E-state index contributed by atoms with van der Waals surface area (Å²) in [5.41, 5.74) is 5.44. The lowest BCUT2D eigenvalue weighted by atomic mass is 10.3. The molecule has 0 atom stereocenters. The molecule has 0 aliphatic heterocycles. The van der Waals surface area contributed by atoms with Crippen LogP contribution in [0.5, 0.6) is 0 Å². The van der Waals surface area contributed by atoms with E-state index in [0.29, 0.717) is 5.69 Å². The van der Waals surface area contributed by atoms with Gasteiger partial charge in [0.25, 0.3) is 5.91 Å². The fourth-order valence-corrected chi connectivity index (χ4v) is 0.892. The Bertz CT molecular complexity index is 349. The van der Waals surface area contributed by atoms with E-state index in [2.05, 4.69) is 10.3 Å². The number of anilines is 1. The van der Waals surface area contributed by atoms with Crippen LogP contribution in [-0.4, -0.2) is 16.8 Å². The van der Waals surface area contributed by atoms with Crippen molar-refractivity contribution in [1.82, 2.24) is 4.98 Å². The Balaban J connectivity index is 3.04. The van der Waals surface area contributed by atoms with Crippen molar-refractivity contribution in [1.29, 1.82) is 0 Å². The maximum absolute atomic E-state index is 10.8. The summed E-state index contributed by atoms with van der Waals surface area (Å²) in [6.45, 7) is 1.35. The van der Waals surface area contributed by atoms with Crippen molar-refractivity contribution in [3.63, 3.8) is 0 Å². The Kier molecular flexibility index (Phi) is 2.59. The highest BCUT2D eigenvalue weighted by Crippen LogP contribution is 2.10. The van der Waals surface area contributed by atoms with E-state index in [1.807, 2.05) is 0 Å². The van der Waals surface area contributed by atoms with Gasteiger partial charge in [0.1, 0.15) is 0 Å². The Morgan fingerprint density at radius 3 is 2.77 bits per heavy atom. The van der Waals surface area contributed by atoms with Crippen LogP contribution in [0.15, 0.2) is 18.3 Å². The fraction of sp³-hybridized carbons (Fsp3) is 0.125. The lowest BCUT2D eigenvalue weighted by Crippen LogP contribution is -2.17. The fourth-order valence-electron chi connectivity index (χ4n) is 0.892. The summed E-state index contributed by atoms with van der Waals surface area (Å²) >= 11 is 0. The van der Waals surface area contributed by atoms with Gasteiger partial charge < -0.3 is 11.1 Å². The van der Waals surface area contributed by atoms with Crippen LogP contribution in [0.3, 0.4) is 0 Å². The molecule has 68 valence electrons. The maximum atomic E-state index is 10.8. The van der Waals surface area contributed by atoms with Crippen LogP contribution in [0, 0.1) is 0 Å². The van der Waals surface area contributed by atoms with Crippen molar-refractivity contribution in [2.45, 2.75) is 6.92 Å². The van der Waals surface area contributed by atoms with Crippen molar-refractivity contribution >= 4 is 17.5 Å². The molecule has 0 aliphatic rings. The van der Waals surface area contributed by atoms with E-state index in [9.17, 15) is 9.59 Å². The van der Waals surface area contributed by atoms with Crippen LogP contribution in [0.4, 0.5) is 5.69 Å². The number of nitrogens with two attached hydrogens (primary N) is 1. The largest absolute Gasteiger partial charge is 0.364 e. The van der Waals surface area contributed by atoms with Crippen LogP contribution >= 0.6 is 0 Å². The van der Waals surface area contributed by atoms with Crippen LogP contribution < -0.4 is 11.1 Å². The molecule has 0 saturated heterocycles. The Morgan fingerprint density at radius 1 is 1.54 bits per heavy atom. The highest BCUT2D eigenvalue weighted by Gasteiger charge is 2.08. The van der Waals surface area contributed by atoms with E-state index in [1.54, 1.807) is 12.1 Å². The molecule has 3 N–H and O–H groups in total. The van der Waals surface area contributed by atoms with Crippen molar-refractivity contribution < 1.29 is 9.59 Å². The molecule has 0 unspecified atom stereocenters. The summed E-state index contributed by atoms with van der Waals surface area (Å²) in [6, 6.07) is 3.17. The van der Waals surface area contributed by atoms with Gasteiger partial charge in [-0.2, -0.15) is 0 Å². The molecule has 0 radical (unpaired) electrons. The van der Waals surface area contributed by atoms with Gasteiger partial charge in [-0.25, -0.2) is 4.98 Å². The Hall–Kier alpha value is -1.91. The second kappa shape index (κ2) is 3.66.